The minimum absolute atomic E-state index is 0.206. The van der Waals surface area contributed by atoms with E-state index in [9.17, 15) is 0 Å². The summed E-state index contributed by atoms with van der Waals surface area (Å²) in [5, 5.41) is 8.82. The van der Waals surface area contributed by atoms with E-state index in [4.69, 9.17) is 10.8 Å². The SMILES string of the molecule is Cc1ccc(C(C)(N)CCCO)cc1C. The molecule has 0 radical (unpaired) electrons. The summed E-state index contributed by atoms with van der Waals surface area (Å²) < 4.78 is 0. The van der Waals surface area contributed by atoms with Gasteiger partial charge in [0, 0.05) is 12.1 Å². The second-order valence-corrected chi connectivity index (χ2v) is 4.54. The minimum Gasteiger partial charge on any atom is -0.396 e. The van der Waals surface area contributed by atoms with Gasteiger partial charge in [0.1, 0.15) is 0 Å². The Hall–Kier alpha value is -0.860. The molecular formula is C13H21NO. The van der Waals surface area contributed by atoms with Crippen molar-refractivity contribution in [3.05, 3.63) is 34.9 Å². The maximum absolute atomic E-state index is 8.82. The van der Waals surface area contributed by atoms with Crippen LogP contribution in [0.3, 0.4) is 0 Å². The van der Waals surface area contributed by atoms with Crippen molar-refractivity contribution in [3.8, 4) is 0 Å². The van der Waals surface area contributed by atoms with Gasteiger partial charge in [-0.05, 0) is 50.3 Å². The molecule has 0 spiro atoms. The van der Waals surface area contributed by atoms with Crippen molar-refractivity contribution in [2.75, 3.05) is 6.61 Å². The lowest BCUT2D eigenvalue weighted by molar-refractivity contribution is 0.265. The average molecular weight is 207 g/mol. The Labute approximate surface area is 92.1 Å². The fraction of sp³-hybridized carbons (Fsp3) is 0.538. The van der Waals surface area contributed by atoms with Crippen LogP contribution in [0.5, 0.6) is 0 Å². The van der Waals surface area contributed by atoms with Gasteiger partial charge in [0.05, 0.1) is 0 Å². The molecule has 15 heavy (non-hydrogen) atoms. The maximum atomic E-state index is 8.82. The van der Waals surface area contributed by atoms with Crippen molar-refractivity contribution in [3.63, 3.8) is 0 Å². The van der Waals surface area contributed by atoms with E-state index in [0.717, 1.165) is 18.4 Å². The number of aliphatic hydroxyl groups excluding tert-OH is 1. The van der Waals surface area contributed by atoms with Gasteiger partial charge in [-0.15, -0.1) is 0 Å². The number of benzene rings is 1. The van der Waals surface area contributed by atoms with Crippen LogP contribution in [0.15, 0.2) is 18.2 Å². The lowest BCUT2D eigenvalue weighted by Gasteiger charge is -2.25. The molecular weight excluding hydrogens is 186 g/mol. The lowest BCUT2D eigenvalue weighted by atomic mass is 9.87. The molecule has 0 saturated heterocycles. The number of hydrogen-bond donors (Lipinski definition) is 2. The molecule has 0 aliphatic rings. The Morgan fingerprint density at radius 2 is 1.93 bits per heavy atom. The molecule has 0 bridgehead atoms. The van der Waals surface area contributed by atoms with Crippen LogP contribution in [0.25, 0.3) is 0 Å². The fourth-order valence-electron chi connectivity index (χ4n) is 1.69. The van der Waals surface area contributed by atoms with Crippen molar-refractivity contribution in [1.82, 2.24) is 0 Å². The quantitative estimate of drug-likeness (QED) is 0.795. The summed E-state index contributed by atoms with van der Waals surface area (Å²) in [6.45, 7) is 6.42. The standard InChI is InChI=1S/C13H21NO/c1-10-5-6-12(9-11(10)2)13(3,14)7-4-8-15/h5-6,9,15H,4,7-8,14H2,1-3H3. The molecule has 0 aromatic heterocycles. The van der Waals surface area contributed by atoms with E-state index in [1.807, 2.05) is 6.92 Å². The van der Waals surface area contributed by atoms with Gasteiger partial charge in [-0.1, -0.05) is 18.2 Å². The van der Waals surface area contributed by atoms with Crippen molar-refractivity contribution in [2.24, 2.45) is 5.73 Å². The normalized spacial score (nSPS) is 15.0. The second kappa shape index (κ2) is 4.77. The van der Waals surface area contributed by atoms with Gasteiger partial charge in [-0.2, -0.15) is 0 Å². The number of rotatable bonds is 4. The minimum atomic E-state index is -0.332. The molecule has 0 fully saturated rings. The van der Waals surface area contributed by atoms with E-state index in [1.54, 1.807) is 0 Å². The van der Waals surface area contributed by atoms with E-state index in [2.05, 4.69) is 32.0 Å². The van der Waals surface area contributed by atoms with Gasteiger partial charge in [-0.25, -0.2) is 0 Å². The molecule has 0 amide bonds. The third kappa shape index (κ3) is 3.05. The first-order valence-electron chi connectivity index (χ1n) is 5.45. The second-order valence-electron chi connectivity index (χ2n) is 4.54. The summed E-state index contributed by atoms with van der Waals surface area (Å²) in [5.41, 5.74) is 9.61. The summed E-state index contributed by atoms with van der Waals surface area (Å²) in [7, 11) is 0. The summed E-state index contributed by atoms with van der Waals surface area (Å²) in [6.07, 6.45) is 1.56. The molecule has 2 nitrogen and oxygen atoms in total. The van der Waals surface area contributed by atoms with Crippen LogP contribution in [-0.2, 0) is 5.54 Å². The average Bonchev–Trinajstić information content (AvgIpc) is 2.19. The summed E-state index contributed by atoms with van der Waals surface area (Å²) >= 11 is 0. The van der Waals surface area contributed by atoms with Crippen LogP contribution in [0.4, 0.5) is 0 Å². The topological polar surface area (TPSA) is 46.2 Å². The number of aliphatic hydroxyl groups is 1. The van der Waals surface area contributed by atoms with Crippen molar-refractivity contribution >= 4 is 0 Å². The number of hydrogen-bond acceptors (Lipinski definition) is 2. The van der Waals surface area contributed by atoms with Gasteiger partial charge in [0.15, 0.2) is 0 Å². The zero-order valence-electron chi connectivity index (χ0n) is 9.88. The first kappa shape index (κ1) is 12.2. The summed E-state index contributed by atoms with van der Waals surface area (Å²) in [5.74, 6) is 0. The Morgan fingerprint density at radius 3 is 2.47 bits per heavy atom. The third-order valence-electron chi connectivity index (χ3n) is 3.02. The predicted octanol–water partition coefficient (Wildman–Crippen LogP) is 2.25. The fourth-order valence-corrected chi connectivity index (χ4v) is 1.69. The van der Waals surface area contributed by atoms with Gasteiger partial charge in [0.2, 0.25) is 0 Å². The zero-order chi connectivity index (χ0) is 11.5. The highest BCUT2D eigenvalue weighted by Gasteiger charge is 2.20. The van der Waals surface area contributed by atoms with Crippen LogP contribution in [0.1, 0.15) is 36.5 Å². The first-order chi connectivity index (χ1) is 6.97. The predicted molar refractivity (Wildman–Crippen MR) is 63.8 cm³/mol. The molecule has 0 saturated carbocycles. The molecule has 0 aliphatic heterocycles. The van der Waals surface area contributed by atoms with Gasteiger partial charge < -0.3 is 10.8 Å². The molecule has 1 unspecified atom stereocenters. The third-order valence-corrected chi connectivity index (χ3v) is 3.02. The molecule has 1 aromatic rings. The largest absolute Gasteiger partial charge is 0.396 e. The highest BCUT2D eigenvalue weighted by atomic mass is 16.2. The number of nitrogens with two attached hydrogens (primary N) is 1. The van der Waals surface area contributed by atoms with E-state index < -0.39 is 0 Å². The first-order valence-corrected chi connectivity index (χ1v) is 5.45. The summed E-state index contributed by atoms with van der Waals surface area (Å²) in [6, 6.07) is 6.33. The Balaban J connectivity index is 2.89. The molecule has 1 atom stereocenters. The molecule has 1 aromatic carbocycles. The van der Waals surface area contributed by atoms with Crippen molar-refractivity contribution < 1.29 is 5.11 Å². The lowest BCUT2D eigenvalue weighted by Crippen LogP contribution is -2.33. The molecule has 84 valence electrons. The van der Waals surface area contributed by atoms with Crippen LogP contribution in [-0.4, -0.2) is 11.7 Å². The van der Waals surface area contributed by atoms with Crippen LogP contribution >= 0.6 is 0 Å². The van der Waals surface area contributed by atoms with Gasteiger partial charge in [0.25, 0.3) is 0 Å². The Morgan fingerprint density at radius 1 is 1.27 bits per heavy atom. The Kier molecular flexibility index (Phi) is 3.89. The van der Waals surface area contributed by atoms with Crippen LogP contribution in [0, 0.1) is 13.8 Å². The van der Waals surface area contributed by atoms with E-state index >= 15 is 0 Å². The number of aryl methyl sites for hydroxylation is 2. The molecule has 1 rings (SSSR count). The zero-order valence-corrected chi connectivity index (χ0v) is 9.88. The van der Waals surface area contributed by atoms with E-state index in [-0.39, 0.29) is 12.1 Å². The Bertz CT molecular complexity index is 331. The monoisotopic (exact) mass is 207 g/mol. The highest BCUT2D eigenvalue weighted by Crippen LogP contribution is 2.24. The van der Waals surface area contributed by atoms with Gasteiger partial charge in [-0.3, -0.25) is 0 Å². The maximum Gasteiger partial charge on any atom is 0.0431 e. The molecule has 0 heterocycles. The smallest absolute Gasteiger partial charge is 0.0431 e. The highest BCUT2D eigenvalue weighted by molar-refractivity contribution is 5.33. The molecule has 2 heteroatoms. The summed E-state index contributed by atoms with van der Waals surface area (Å²) in [4.78, 5) is 0. The van der Waals surface area contributed by atoms with Crippen LogP contribution in [0.2, 0.25) is 0 Å². The molecule has 0 aliphatic carbocycles. The van der Waals surface area contributed by atoms with Gasteiger partial charge >= 0.3 is 0 Å². The van der Waals surface area contributed by atoms with Crippen molar-refractivity contribution in [2.45, 2.75) is 39.2 Å². The van der Waals surface area contributed by atoms with Crippen molar-refractivity contribution in [1.29, 1.82) is 0 Å². The molecule has 3 N–H and O–H groups in total. The van der Waals surface area contributed by atoms with E-state index in [0.29, 0.717) is 0 Å². The van der Waals surface area contributed by atoms with E-state index in [1.165, 1.54) is 11.1 Å². The van der Waals surface area contributed by atoms with Crippen LogP contribution < -0.4 is 5.73 Å².